The van der Waals surface area contributed by atoms with Crippen molar-refractivity contribution in [3.63, 3.8) is 0 Å². The van der Waals surface area contributed by atoms with Crippen LogP contribution in [-0.4, -0.2) is 46.4 Å². The summed E-state index contributed by atoms with van der Waals surface area (Å²) < 4.78 is 0.856. The van der Waals surface area contributed by atoms with E-state index >= 15 is 0 Å². The molecule has 1 aliphatic rings. The molecule has 23 heavy (non-hydrogen) atoms. The molecule has 3 heterocycles. The van der Waals surface area contributed by atoms with Gasteiger partial charge in [0.15, 0.2) is 4.34 Å². The zero-order chi connectivity index (χ0) is 15.9. The summed E-state index contributed by atoms with van der Waals surface area (Å²) in [5.74, 6) is 0.682. The van der Waals surface area contributed by atoms with Crippen LogP contribution in [0.2, 0.25) is 0 Å². The third-order valence-electron chi connectivity index (χ3n) is 3.66. The summed E-state index contributed by atoms with van der Waals surface area (Å²) in [5, 5.41) is 14.5. The fourth-order valence-electron chi connectivity index (χ4n) is 2.45. The van der Waals surface area contributed by atoms with E-state index in [4.69, 9.17) is 0 Å². The molecule has 0 radical (unpaired) electrons. The van der Waals surface area contributed by atoms with Crippen LogP contribution in [0.15, 0.2) is 21.9 Å². The van der Waals surface area contributed by atoms with Crippen molar-refractivity contribution >= 4 is 45.5 Å². The normalized spacial score (nSPS) is 14.9. The molecule has 1 amide bonds. The van der Waals surface area contributed by atoms with E-state index in [1.165, 1.54) is 34.4 Å². The number of rotatable bonds is 7. The molecule has 2 aromatic rings. The second kappa shape index (κ2) is 8.65. The van der Waals surface area contributed by atoms with E-state index in [0.717, 1.165) is 48.4 Å². The molecule has 0 spiro atoms. The van der Waals surface area contributed by atoms with E-state index in [2.05, 4.69) is 33.0 Å². The zero-order valence-electron chi connectivity index (χ0n) is 12.9. The second-order valence-electron chi connectivity index (χ2n) is 5.36. The maximum Gasteiger partial charge on any atom is 0.233 e. The van der Waals surface area contributed by atoms with Crippen molar-refractivity contribution in [1.82, 2.24) is 15.1 Å². The van der Waals surface area contributed by atoms with Crippen molar-refractivity contribution in [2.75, 3.05) is 30.7 Å². The maximum atomic E-state index is 12.1. The Kier molecular flexibility index (Phi) is 6.29. The van der Waals surface area contributed by atoms with Crippen LogP contribution < -0.4 is 5.32 Å². The number of carbonyl (C=O) groups is 1. The minimum absolute atomic E-state index is 0.220. The lowest BCUT2D eigenvalue weighted by Gasteiger charge is -2.26. The third-order valence-corrected chi connectivity index (χ3v) is 6.60. The predicted octanol–water partition coefficient (Wildman–Crippen LogP) is 3.36. The van der Waals surface area contributed by atoms with E-state index in [1.54, 1.807) is 11.3 Å². The number of hydrogen-bond donors (Lipinski definition) is 1. The van der Waals surface area contributed by atoms with Crippen LogP contribution in [0.4, 0.5) is 5.13 Å². The summed E-state index contributed by atoms with van der Waals surface area (Å²) in [4.78, 5) is 15.5. The van der Waals surface area contributed by atoms with Crippen molar-refractivity contribution in [3.05, 3.63) is 22.4 Å². The van der Waals surface area contributed by atoms with Gasteiger partial charge in [-0.25, -0.2) is 0 Å². The van der Waals surface area contributed by atoms with Crippen LogP contribution >= 0.6 is 34.4 Å². The van der Waals surface area contributed by atoms with Gasteiger partial charge in [-0.2, -0.15) is 0 Å². The van der Waals surface area contributed by atoms with Crippen molar-refractivity contribution in [3.8, 4) is 0 Å². The fraction of sp³-hybridized carbons (Fsp3) is 0.533. The van der Waals surface area contributed by atoms with Crippen LogP contribution in [-0.2, 0) is 11.2 Å². The molecule has 8 heteroatoms. The SMILES string of the molecule is O=C(CSc1nnc(NCCc2cccs2)s1)N1CCCCC1. The van der Waals surface area contributed by atoms with E-state index < -0.39 is 0 Å². The Morgan fingerprint density at radius 1 is 1.30 bits per heavy atom. The summed E-state index contributed by atoms with van der Waals surface area (Å²) in [6.07, 6.45) is 4.50. The van der Waals surface area contributed by atoms with E-state index in [0.29, 0.717) is 5.75 Å². The zero-order valence-corrected chi connectivity index (χ0v) is 15.3. The number of nitrogens with zero attached hydrogens (tertiary/aromatic N) is 3. The Bertz CT molecular complexity index is 608. The van der Waals surface area contributed by atoms with Gasteiger partial charge in [-0.15, -0.1) is 21.5 Å². The largest absolute Gasteiger partial charge is 0.360 e. The van der Waals surface area contributed by atoms with Crippen LogP contribution in [0.3, 0.4) is 0 Å². The highest BCUT2D eigenvalue weighted by Gasteiger charge is 2.17. The summed E-state index contributed by atoms with van der Waals surface area (Å²) in [7, 11) is 0. The standard InChI is InChI=1S/C15H20N4OS3/c20-13(19-8-2-1-3-9-19)11-22-15-18-17-14(23-15)16-7-6-12-5-4-10-21-12/h4-5,10H,1-3,6-9,11H2,(H,16,17). The third kappa shape index (κ3) is 5.19. The molecule has 124 valence electrons. The molecule has 5 nitrogen and oxygen atoms in total. The maximum absolute atomic E-state index is 12.1. The monoisotopic (exact) mass is 368 g/mol. The number of nitrogens with one attached hydrogen (secondary N) is 1. The highest BCUT2D eigenvalue weighted by atomic mass is 32.2. The lowest BCUT2D eigenvalue weighted by Crippen LogP contribution is -2.36. The lowest BCUT2D eigenvalue weighted by atomic mass is 10.1. The Balaban J connectivity index is 1.39. The molecule has 0 aromatic carbocycles. The van der Waals surface area contributed by atoms with Crippen LogP contribution in [0.25, 0.3) is 0 Å². The highest BCUT2D eigenvalue weighted by Crippen LogP contribution is 2.26. The first-order valence-corrected chi connectivity index (χ1v) is 10.5. The van der Waals surface area contributed by atoms with Gasteiger partial charge in [0.05, 0.1) is 5.75 Å². The van der Waals surface area contributed by atoms with Crippen LogP contribution in [0.5, 0.6) is 0 Å². The quantitative estimate of drug-likeness (QED) is 0.760. The lowest BCUT2D eigenvalue weighted by molar-refractivity contribution is -0.129. The Hall–Kier alpha value is -1.12. The highest BCUT2D eigenvalue weighted by molar-refractivity contribution is 8.01. The van der Waals surface area contributed by atoms with E-state index in [9.17, 15) is 4.79 Å². The van der Waals surface area contributed by atoms with Crippen molar-refractivity contribution in [1.29, 1.82) is 0 Å². The molecule has 0 aliphatic carbocycles. The number of likely N-dealkylation sites (tertiary alicyclic amines) is 1. The van der Waals surface area contributed by atoms with Crippen molar-refractivity contribution < 1.29 is 4.79 Å². The Morgan fingerprint density at radius 3 is 2.96 bits per heavy atom. The first-order valence-electron chi connectivity index (χ1n) is 7.81. The topological polar surface area (TPSA) is 58.1 Å². The minimum atomic E-state index is 0.220. The first-order chi connectivity index (χ1) is 11.3. The molecule has 0 atom stereocenters. The molecule has 3 rings (SSSR count). The summed E-state index contributed by atoms with van der Waals surface area (Å²) in [6, 6.07) is 4.21. The van der Waals surface area contributed by atoms with E-state index in [-0.39, 0.29) is 5.91 Å². The fourth-order valence-corrected chi connectivity index (χ4v) is 4.83. The number of amides is 1. The molecular weight excluding hydrogens is 348 g/mol. The second-order valence-corrected chi connectivity index (χ2v) is 8.59. The van der Waals surface area contributed by atoms with Gasteiger partial charge >= 0.3 is 0 Å². The van der Waals surface area contributed by atoms with Gasteiger partial charge in [0, 0.05) is 24.5 Å². The summed E-state index contributed by atoms with van der Waals surface area (Å²) in [5.41, 5.74) is 0. The molecular formula is C15H20N4OS3. The van der Waals surface area contributed by atoms with Gasteiger partial charge in [-0.1, -0.05) is 29.2 Å². The summed E-state index contributed by atoms with van der Waals surface area (Å²) in [6.45, 7) is 2.67. The minimum Gasteiger partial charge on any atom is -0.360 e. The molecule has 1 saturated heterocycles. The summed E-state index contributed by atoms with van der Waals surface area (Å²) >= 11 is 4.78. The van der Waals surface area contributed by atoms with Gasteiger partial charge in [-0.3, -0.25) is 4.79 Å². The molecule has 1 fully saturated rings. The average molecular weight is 369 g/mol. The molecule has 0 unspecified atom stereocenters. The smallest absolute Gasteiger partial charge is 0.233 e. The number of aromatic nitrogens is 2. The van der Waals surface area contributed by atoms with Gasteiger partial charge in [0.2, 0.25) is 11.0 Å². The number of thiophene rings is 1. The Morgan fingerprint density at radius 2 is 2.17 bits per heavy atom. The van der Waals surface area contributed by atoms with Crippen LogP contribution in [0, 0.1) is 0 Å². The van der Waals surface area contributed by atoms with Gasteiger partial charge in [0.1, 0.15) is 0 Å². The van der Waals surface area contributed by atoms with Gasteiger partial charge < -0.3 is 10.2 Å². The predicted molar refractivity (Wildman–Crippen MR) is 97.6 cm³/mol. The first kappa shape index (κ1) is 16.7. The number of carbonyl (C=O) groups excluding carboxylic acids is 1. The average Bonchev–Trinajstić information content (AvgIpc) is 3.25. The Labute approximate surface area is 148 Å². The molecule has 0 saturated carbocycles. The number of hydrogen-bond acceptors (Lipinski definition) is 7. The number of thioether (sulfide) groups is 1. The van der Waals surface area contributed by atoms with Crippen molar-refractivity contribution in [2.45, 2.75) is 30.0 Å². The van der Waals surface area contributed by atoms with Crippen molar-refractivity contribution in [2.24, 2.45) is 0 Å². The van der Waals surface area contributed by atoms with Gasteiger partial charge in [0.25, 0.3) is 0 Å². The van der Waals surface area contributed by atoms with Gasteiger partial charge in [-0.05, 0) is 37.1 Å². The van der Waals surface area contributed by atoms with E-state index in [1.807, 2.05) is 4.90 Å². The molecule has 2 aromatic heterocycles. The van der Waals surface area contributed by atoms with Crippen LogP contribution in [0.1, 0.15) is 24.1 Å². The number of anilines is 1. The number of piperidine rings is 1. The molecule has 1 N–H and O–H groups in total. The molecule has 1 aliphatic heterocycles. The molecule has 0 bridgehead atoms.